The van der Waals surface area contributed by atoms with E-state index in [-0.39, 0.29) is 5.70 Å². The molecule has 1 heterocycles. The maximum absolute atomic E-state index is 11.2. The Morgan fingerprint density at radius 2 is 1.80 bits per heavy atom. The molecule has 0 fully saturated rings. The maximum atomic E-state index is 11.2. The Labute approximate surface area is 120 Å². The van der Waals surface area contributed by atoms with Crippen LogP contribution in [0.2, 0.25) is 5.02 Å². The van der Waals surface area contributed by atoms with Crippen molar-refractivity contribution >= 4 is 17.7 Å². The van der Waals surface area contributed by atoms with Gasteiger partial charge in [0.15, 0.2) is 0 Å². The summed E-state index contributed by atoms with van der Waals surface area (Å²) in [7, 11) is 0. The molecule has 0 N–H and O–H groups in total. The SMILES string of the molecule is O=[N+]([O-])C1=Cc2ccccc2O[C@@H]1c1ccc(Cl)cc1. The van der Waals surface area contributed by atoms with Crippen molar-refractivity contribution < 1.29 is 9.66 Å². The average molecular weight is 288 g/mol. The normalized spacial score (nSPS) is 16.9. The van der Waals surface area contributed by atoms with Gasteiger partial charge < -0.3 is 4.74 Å². The number of fused-ring (bicyclic) bond motifs is 1. The lowest BCUT2D eigenvalue weighted by atomic mass is 10.0. The maximum Gasteiger partial charge on any atom is 0.291 e. The molecule has 0 unspecified atom stereocenters. The van der Waals surface area contributed by atoms with Gasteiger partial charge in [-0.05, 0) is 18.2 Å². The summed E-state index contributed by atoms with van der Waals surface area (Å²) in [6.07, 6.45) is 0.829. The van der Waals surface area contributed by atoms with Crippen LogP contribution in [0.1, 0.15) is 17.2 Å². The van der Waals surface area contributed by atoms with Gasteiger partial charge in [-0.1, -0.05) is 41.9 Å². The van der Waals surface area contributed by atoms with Crippen molar-refractivity contribution in [2.45, 2.75) is 6.10 Å². The summed E-state index contributed by atoms with van der Waals surface area (Å²) < 4.78 is 5.78. The molecule has 3 rings (SSSR count). The van der Waals surface area contributed by atoms with Crippen molar-refractivity contribution in [3.8, 4) is 5.75 Å². The van der Waals surface area contributed by atoms with Gasteiger partial charge in [-0.25, -0.2) is 0 Å². The first kappa shape index (κ1) is 12.7. The van der Waals surface area contributed by atoms with Gasteiger partial charge in [0.05, 0.1) is 4.92 Å². The van der Waals surface area contributed by atoms with Gasteiger partial charge in [-0.2, -0.15) is 0 Å². The van der Waals surface area contributed by atoms with Crippen LogP contribution in [0, 0.1) is 10.1 Å². The molecule has 4 nitrogen and oxygen atoms in total. The number of benzene rings is 2. The highest BCUT2D eigenvalue weighted by Crippen LogP contribution is 2.37. The van der Waals surface area contributed by atoms with Crippen molar-refractivity contribution in [3.05, 3.63) is 80.5 Å². The smallest absolute Gasteiger partial charge is 0.291 e. The van der Waals surface area contributed by atoms with Crippen LogP contribution < -0.4 is 4.74 Å². The van der Waals surface area contributed by atoms with Crippen LogP contribution in [0.25, 0.3) is 6.08 Å². The Bertz CT molecular complexity index is 695. The lowest BCUT2D eigenvalue weighted by Crippen LogP contribution is -2.19. The van der Waals surface area contributed by atoms with Gasteiger partial charge >= 0.3 is 0 Å². The lowest BCUT2D eigenvalue weighted by molar-refractivity contribution is -0.434. The predicted octanol–water partition coefficient (Wildman–Crippen LogP) is 4.09. The first-order chi connectivity index (χ1) is 9.65. The summed E-state index contributed by atoms with van der Waals surface area (Å²) in [5.74, 6) is 0.637. The van der Waals surface area contributed by atoms with Gasteiger partial charge in [0.25, 0.3) is 5.70 Å². The van der Waals surface area contributed by atoms with Crippen molar-refractivity contribution in [3.63, 3.8) is 0 Å². The quantitative estimate of drug-likeness (QED) is 0.617. The average Bonchev–Trinajstić information content (AvgIpc) is 2.46. The van der Waals surface area contributed by atoms with Gasteiger partial charge in [-0.15, -0.1) is 0 Å². The zero-order valence-electron chi connectivity index (χ0n) is 10.3. The number of para-hydroxylation sites is 1. The van der Waals surface area contributed by atoms with Gasteiger partial charge in [-0.3, -0.25) is 10.1 Å². The molecule has 0 spiro atoms. The number of halogens is 1. The molecule has 1 atom stereocenters. The summed E-state index contributed by atoms with van der Waals surface area (Å²) in [5.41, 5.74) is 1.43. The third-order valence-electron chi connectivity index (χ3n) is 3.12. The van der Waals surface area contributed by atoms with Crippen LogP contribution in [0.3, 0.4) is 0 Å². The second kappa shape index (κ2) is 4.98. The summed E-state index contributed by atoms with van der Waals surface area (Å²) in [5, 5.41) is 11.8. The highest BCUT2D eigenvalue weighted by atomic mass is 35.5. The minimum absolute atomic E-state index is 0.0195. The van der Waals surface area contributed by atoms with Crippen LogP contribution in [-0.4, -0.2) is 4.92 Å². The summed E-state index contributed by atoms with van der Waals surface area (Å²) >= 11 is 5.84. The van der Waals surface area contributed by atoms with E-state index in [9.17, 15) is 10.1 Å². The van der Waals surface area contributed by atoms with E-state index in [0.717, 1.165) is 0 Å². The molecule has 0 bridgehead atoms. The van der Waals surface area contributed by atoms with E-state index < -0.39 is 11.0 Å². The largest absolute Gasteiger partial charge is 0.474 e. The fraction of sp³-hybridized carbons (Fsp3) is 0.0667. The lowest BCUT2D eigenvalue weighted by Gasteiger charge is -2.22. The zero-order chi connectivity index (χ0) is 14.1. The summed E-state index contributed by atoms with van der Waals surface area (Å²) in [6, 6.07) is 14.1. The standard InChI is InChI=1S/C15H10ClNO3/c16-12-7-5-10(6-8-12)15-13(17(18)19)9-11-3-1-2-4-14(11)20-15/h1-9,15H/t15-/m1/s1. The molecular formula is C15H10ClNO3. The molecule has 0 radical (unpaired) electrons. The van der Waals surface area contributed by atoms with E-state index in [4.69, 9.17) is 16.3 Å². The topological polar surface area (TPSA) is 52.4 Å². The Balaban J connectivity index is 2.08. The Kier molecular flexibility index (Phi) is 3.16. The first-order valence-electron chi connectivity index (χ1n) is 6.02. The van der Waals surface area contributed by atoms with Gasteiger partial charge in [0, 0.05) is 22.2 Å². The van der Waals surface area contributed by atoms with Crippen molar-refractivity contribution in [2.75, 3.05) is 0 Å². The van der Waals surface area contributed by atoms with E-state index >= 15 is 0 Å². The predicted molar refractivity (Wildman–Crippen MR) is 76.2 cm³/mol. The molecule has 0 saturated carbocycles. The number of nitro groups is 1. The van der Waals surface area contributed by atoms with Crippen molar-refractivity contribution in [1.82, 2.24) is 0 Å². The van der Waals surface area contributed by atoms with Crippen LogP contribution in [0.15, 0.2) is 54.2 Å². The Morgan fingerprint density at radius 3 is 2.50 bits per heavy atom. The third-order valence-corrected chi connectivity index (χ3v) is 3.37. The molecule has 1 aliphatic heterocycles. The third kappa shape index (κ3) is 2.26. The minimum Gasteiger partial charge on any atom is -0.474 e. The Morgan fingerprint density at radius 1 is 1.10 bits per heavy atom. The highest BCUT2D eigenvalue weighted by molar-refractivity contribution is 6.30. The second-order valence-electron chi connectivity index (χ2n) is 4.41. The number of nitrogens with zero attached hydrogens (tertiary/aromatic N) is 1. The molecule has 0 aromatic heterocycles. The van der Waals surface area contributed by atoms with Crippen LogP contribution in [0.5, 0.6) is 5.75 Å². The fourth-order valence-electron chi connectivity index (χ4n) is 2.15. The highest BCUT2D eigenvalue weighted by Gasteiger charge is 2.32. The monoisotopic (exact) mass is 287 g/mol. The van der Waals surface area contributed by atoms with E-state index in [1.807, 2.05) is 12.1 Å². The summed E-state index contributed by atoms with van der Waals surface area (Å²) in [4.78, 5) is 10.8. The van der Waals surface area contributed by atoms with E-state index in [0.29, 0.717) is 21.9 Å². The molecular weight excluding hydrogens is 278 g/mol. The molecule has 1 aliphatic rings. The molecule has 20 heavy (non-hydrogen) atoms. The molecule has 5 heteroatoms. The first-order valence-corrected chi connectivity index (χ1v) is 6.40. The molecule has 2 aromatic carbocycles. The second-order valence-corrected chi connectivity index (χ2v) is 4.85. The van der Waals surface area contributed by atoms with Crippen LogP contribution in [-0.2, 0) is 0 Å². The van der Waals surface area contributed by atoms with Gasteiger partial charge in [0.2, 0.25) is 6.10 Å². The molecule has 100 valence electrons. The van der Waals surface area contributed by atoms with E-state index in [1.54, 1.807) is 42.5 Å². The molecule has 0 saturated heterocycles. The summed E-state index contributed by atoms with van der Waals surface area (Å²) in [6.45, 7) is 0. The zero-order valence-corrected chi connectivity index (χ0v) is 11.1. The number of hydrogen-bond donors (Lipinski definition) is 0. The number of ether oxygens (including phenoxy) is 1. The fourth-order valence-corrected chi connectivity index (χ4v) is 2.28. The minimum atomic E-state index is -0.725. The van der Waals surface area contributed by atoms with Crippen LogP contribution in [0.4, 0.5) is 0 Å². The van der Waals surface area contributed by atoms with Crippen molar-refractivity contribution in [1.29, 1.82) is 0 Å². The van der Waals surface area contributed by atoms with Gasteiger partial charge in [0.1, 0.15) is 5.75 Å². The molecule has 2 aromatic rings. The Hall–Kier alpha value is -2.33. The van der Waals surface area contributed by atoms with E-state index in [2.05, 4.69) is 0 Å². The molecule has 0 aliphatic carbocycles. The van der Waals surface area contributed by atoms with Crippen LogP contribution >= 0.6 is 11.6 Å². The molecule has 0 amide bonds. The van der Waals surface area contributed by atoms with E-state index in [1.165, 1.54) is 0 Å². The number of hydrogen-bond acceptors (Lipinski definition) is 3. The number of rotatable bonds is 2. The van der Waals surface area contributed by atoms with Crippen molar-refractivity contribution in [2.24, 2.45) is 0 Å².